The third kappa shape index (κ3) is 4.93. The summed E-state index contributed by atoms with van der Waals surface area (Å²) in [6.07, 6.45) is 2.44. The van der Waals surface area contributed by atoms with E-state index in [2.05, 4.69) is 28.7 Å². The molecule has 29 heavy (non-hydrogen) atoms. The average molecular weight is 417 g/mol. The molecule has 1 atom stereocenters. The Balaban J connectivity index is 1.75. The fourth-order valence-electron chi connectivity index (χ4n) is 4.05. The van der Waals surface area contributed by atoms with Gasteiger partial charge in [-0.1, -0.05) is 19.1 Å². The van der Waals surface area contributed by atoms with Gasteiger partial charge in [0.2, 0.25) is 10.0 Å². The normalized spacial score (nSPS) is 16.7. The van der Waals surface area contributed by atoms with E-state index in [1.807, 2.05) is 19.1 Å². The van der Waals surface area contributed by atoms with Crippen molar-refractivity contribution in [2.75, 3.05) is 25.1 Å². The van der Waals surface area contributed by atoms with Gasteiger partial charge in [0.1, 0.15) is 5.75 Å². The lowest BCUT2D eigenvalue weighted by Crippen LogP contribution is -2.32. The van der Waals surface area contributed by atoms with Crippen LogP contribution < -0.4 is 14.4 Å². The van der Waals surface area contributed by atoms with Crippen LogP contribution >= 0.6 is 0 Å². The summed E-state index contributed by atoms with van der Waals surface area (Å²) in [5.74, 6) is 1.46. The van der Waals surface area contributed by atoms with E-state index in [-0.39, 0.29) is 6.04 Å². The second kappa shape index (κ2) is 8.76. The maximum absolute atomic E-state index is 13.0. The topological polar surface area (TPSA) is 58.6 Å². The first-order valence-electron chi connectivity index (χ1n) is 10.2. The maximum atomic E-state index is 13.0. The number of anilines is 1. The second-order valence-electron chi connectivity index (χ2n) is 8.19. The van der Waals surface area contributed by atoms with Crippen LogP contribution in [0.4, 0.5) is 5.69 Å². The number of piperidine rings is 1. The van der Waals surface area contributed by atoms with Crippen molar-refractivity contribution in [3.8, 4) is 5.75 Å². The number of ether oxygens (including phenoxy) is 1. The van der Waals surface area contributed by atoms with Gasteiger partial charge in [0, 0.05) is 24.8 Å². The average Bonchev–Trinajstić information content (AvgIpc) is 2.67. The molecule has 1 unspecified atom stereocenters. The van der Waals surface area contributed by atoms with Gasteiger partial charge in [0.05, 0.1) is 12.0 Å². The third-order valence-electron chi connectivity index (χ3n) is 5.81. The van der Waals surface area contributed by atoms with Crippen LogP contribution in [0.1, 0.15) is 49.4 Å². The van der Waals surface area contributed by atoms with E-state index in [9.17, 15) is 8.42 Å². The summed E-state index contributed by atoms with van der Waals surface area (Å²) in [5, 5.41) is 0. The van der Waals surface area contributed by atoms with Gasteiger partial charge in [-0.25, -0.2) is 13.1 Å². The van der Waals surface area contributed by atoms with E-state index in [1.54, 1.807) is 33.1 Å². The molecule has 3 rings (SSSR count). The fraction of sp³-hybridized carbons (Fsp3) is 0.478. The zero-order chi connectivity index (χ0) is 21.2. The van der Waals surface area contributed by atoms with Crippen molar-refractivity contribution in [1.82, 2.24) is 4.72 Å². The van der Waals surface area contributed by atoms with Crippen LogP contribution in [0.3, 0.4) is 0 Å². The molecule has 1 aliphatic rings. The smallest absolute Gasteiger partial charge is 0.241 e. The Morgan fingerprint density at radius 2 is 1.62 bits per heavy atom. The summed E-state index contributed by atoms with van der Waals surface area (Å²) in [6, 6.07) is 11.4. The van der Waals surface area contributed by atoms with E-state index in [4.69, 9.17) is 4.74 Å². The molecule has 1 heterocycles. The van der Waals surface area contributed by atoms with Crippen molar-refractivity contribution in [1.29, 1.82) is 0 Å². The van der Waals surface area contributed by atoms with Crippen LogP contribution in [0.2, 0.25) is 0 Å². The molecule has 0 bridgehead atoms. The SMILES string of the molecule is COc1cc(C)c(S(=O)(=O)NC(C)c2ccc(N3CCC(C)CC3)cc2)c(C)c1. The number of hydrogen-bond acceptors (Lipinski definition) is 4. The Kier molecular flexibility index (Phi) is 6.54. The van der Waals surface area contributed by atoms with Gasteiger partial charge in [-0.3, -0.25) is 0 Å². The summed E-state index contributed by atoms with van der Waals surface area (Å²) in [5.41, 5.74) is 3.51. The summed E-state index contributed by atoms with van der Waals surface area (Å²) < 4.78 is 34.2. The number of benzene rings is 2. The van der Waals surface area contributed by atoms with Crippen LogP contribution in [-0.4, -0.2) is 28.6 Å². The molecule has 0 radical (unpaired) electrons. The van der Waals surface area contributed by atoms with Crippen LogP contribution in [0, 0.1) is 19.8 Å². The Morgan fingerprint density at radius 3 is 2.14 bits per heavy atom. The first kappa shape index (κ1) is 21.7. The number of sulfonamides is 1. The molecule has 0 aromatic heterocycles. The summed E-state index contributed by atoms with van der Waals surface area (Å²) in [6.45, 7) is 9.94. The zero-order valence-corrected chi connectivity index (χ0v) is 18.8. The highest BCUT2D eigenvalue weighted by molar-refractivity contribution is 7.89. The van der Waals surface area contributed by atoms with E-state index >= 15 is 0 Å². The molecule has 1 fully saturated rings. The monoisotopic (exact) mass is 416 g/mol. The molecule has 0 spiro atoms. The van der Waals surface area contributed by atoms with E-state index in [0.717, 1.165) is 24.6 Å². The van der Waals surface area contributed by atoms with Crippen molar-refractivity contribution >= 4 is 15.7 Å². The first-order chi connectivity index (χ1) is 13.7. The highest BCUT2D eigenvalue weighted by atomic mass is 32.2. The molecular weight excluding hydrogens is 384 g/mol. The van der Waals surface area contributed by atoms with Crippen molar-refractivity contribution in [3.63, 3.8) is 0 Å². The molecule has 0 aliphatic carbocycles. The summed E-state index contributed by atoms with van der Waals surface area (Å²) in [7, 11) is -2.07. The zero-order valence-electron chi connectivity index (χ0n) is 18.0. The van der Waals surface area contributed by atoms with Crippen LogP contribution in [0.5, 0.6) is 5.75 Å². The molecule has 6 heteroatoms. The predicted molar refractivity (Wildman–Crippen MR) is 118 cm³/mol. The Morgan fingerprint density at radius 1 is 1.07 bits per heavy atom. The number of rotatable bonds is 6. The van der Waals surface area contributed by atoms with Gasteiger partial charge in [-0.15, -0.1) is 0 Å². The molecule has 1 aliphatic heterocycles. The standard InChI is InChI=1S/C23H32N2O3S/c1-16-10-12-25(13-11-16)21-8-6-20(7-9-21)19(4)24-29(26,27)23-17(2)14-22(28-5)15-18(23)3/h6-9,14-16,19,24H,10-13H2,1-5H3. The van der Waals surface area contributed by atoms with Crippen molar-refractivity contribution in [2.45, 2.75) is 51.5 Å². The Labute approximate surface area is 175 Å². The molecule has 2 aromatic rings. The number of hydrogen-bond donors (Lipinski definition) is 1. The third-order valence-corrected chi connectivity index (χ3v) is 7.66. The lowest BCUT2D eigenvalue weighted by Gasteiger charge is -2.32. The highest BCUT2D eigenvalue weighted by Gasteiger charge is 2.23. The quantitative estimate of drug-likeness (QED) is 0.748. The highest BCUT2D eigenvalue weighted by Crippen LogP contribution is 2.28. The van der Waals surface area contributed by atoms with E-state index in [0.29, 0.717) is 21.8 Å². The van der Waals surface area contributed by atoms with Gasteiger partial charge >= 0.3 is 0 Å². The van der Waals surface area contributed by atoms with Crippen LogP contribution in [0.15, 0.2) is 41.3 Å². The van der Waals surface area contributed by atoms with Crippen molar-refractivity contribution < 1.29 is 13.2 Å². The second-order valence-corrected chi connectivity index (χ2v) is 9.85. The van der Waals surface area contributed by atoms with E-state index in [1.165, 1.54) is 18.5 Å². The predicted octanol–water partition coefficient (Wildman–Crippen LogP) is 4.59. The van der Waals surface area contributed by atoms with Crippen molar-refractivity contribution in [2.24, 2.45) is 5.92 Å². The molecule has 2 aromatic carbocycles. The minimum Gasteiger partial charge on any atom is -0.497 e. The lowest BCUT2D eigenvalue weighted by atomic mass is 9.98. The number of methoxy groups -OCH3 is 1. The largest absolute Gasteiger partial charge is 0.497 e. The van der Waals surface area contributed by atoms with Gasteiger partial charge in [-0.05, 0) is 80.5 Å². The van der Waals surface area contributed by atoms with Gasteiger partial charge in [-0.2, -0.15) is 0 Å². The molecule has 158 valence electrons. The lowest BCUT2D eigenvalue weighted by molar-refractivity contribution is 0.413. The summed E-state index contributed by atoms with van der Waals surface area (Å²) >= 11 is 0. The number of aryl methyl sites for hydroxylation is 2. The van der Waals surface area contributed by atoms with Gasteiger partial charge in [0.25, 0.3) is 0 Å². The molecule has 1 saturated heterocycles. The molecular formula is C23H32N2O3S. The van der Waals surface area contributed by atoms with E-state index < -0.39 is 10.0 Å². The molecule has 0 amide bonds. The Hall–Kier alpha value is -2.05. The summed E-state index contributed by atoms with van der Waals surface area (Å²) in [4.78, 5) is 2.73. The maximum Gasteiger partial charge on any atom is 0.241 e. The van der Waals surface area contributed by atoms with Crippen LogP contribution in [0.25, 0.3) is 0 Å². The first-order valence-corrected chi connectivity index (χ1v) is 11.7. The fourth-order valence-corrected chi connectivity index (χ4v) is 5.74. The molecule has 0 saturated carbocycles. The number of nitrogens with zero attached hydrogens (tertiary/aromatic N) is 1. The molecule has 5 nitrogen and oxygen atoms in total. The molecule has 1 N–H and O–H groups in total. The van der Waals surface area contributed by atoms with Gasteiger partial charge < -0.3 is 9.64 Å². The van der Waals surface area contributed by atoms with Crippen molar-refractivity contribution in [3.05, 3.63) is 53.1 Å². The minimum absolute atomic E-state index is 0.323. The van der Waals surface area contributed by atoms with Crippen LogP contribution in [-0.2, 0) is 10.0 Å². The Bertz CT molecular complexity index is 924. The van der Waals surface area contributed by atoms with Gasteiger partial charge in [0.15, 0.2) is 0 Å². The number of nitrogens with one attached hydrogen (secondary N) is 1. The minimum atomic E-state index is -3.65.